The van der Waals surface area contributed by atoms with Crippen molar-refractivity contribution in [1.82, 2.24) is 5.06 Å². The van der Waals surface area contributed by atoms with E-state index in [1.54, 1.807) is 14.2 Å². The zero-order chi connectivity index (χ0) is 14.0. The van der Waals surface area contributed by atoms with Crippen molar-refractivity contribution in [2.75, 3.05) is 20.8 Å². The highest BCUT2D eigenvalue weighted by Crippen LogP contribution is 2.41. The molecule has 0 amide bonds. The molecule has 1 atom stereocenters. The summed E-state index contributed by atoms with van der Waals surface area (Å²) in [7, 11) is 3.44. The van der Waals surface area contributed by atoms with Crippen molar-refractivity contribution in [2.45, 2.75) is 12.1 Å². The maximum atomic E-state index is 6.00. The van der Waals surface area contributed by atoms with Gasteiger partial charge in [-0.25, -0.2) is 0 Å². The van der Waals surface area contributed by atoms with Gasteiger partial charge in [0.2, 0.25) is 0 Å². The minimum absolute atomic E-state index is 0.676. The highest BCUT2D eigenvalue weighted by atomic mass is 16.7. The van der Waals surface area contributed by atoms with E-state index in [0.29, 0.717) is 0 Å². The van der Waals surface area contributed by atoms with E-state index in [1.807, 2.05) is 23.3 Å². The lowest BCUT2D eigenvalue weighted by Gasteiger charge is -2.45. The van der Waals surface area contributed by atoms with Crippen molar-refractivity contribution >= 4 is 0 Å². The quantitative estimate of drug-likeness (QED) is 0.855. The molecular weight excluding hydrogens is 250 g/mol. The second kappa shape index (κ2) is 5.37. The summed E-state index contributed by atoms with van der Waals surface area (Å²) in [6.45, 7) is 0.802. The predicted molar refractivity (Wildman–Crippen MR) is 78.1 cm³/mol. The maximum Gasteiger partial charge on any atom is 0.195 e. The molecule has 0 N–H and O–H groups in total. The normalized spacial score (nSPS) is 22.5. The van der Waals surface area contributed by atoms with Gasteiger partial charge in [-0.3, -0.25) is 4.84 Å². The molecule has 1 aliphatic rings. The Morgan fingerprint density at radius 2 is 1.65 bits per heavy atom. The van der Waals surface area contributed by atoms with Crippen LogP contribution in [0.2, 0.25) is 0 Å². The molecule has 0 spiro atoms. The van der Waals surface area contributed by atoms with Crippen LogP contribution in [0.5, 0.6) is 0 Å². The van der Waals surface area contributed by atoms with Crippen molar-refractivity contribution in [3.8, 4) is 0 Å². The second-order valence-electron chi connectivity index (χ2n) is 4.91. The Kier molecular flexibility index (Phi) is 3.57. The first-order valence-corrected chi connectivity index (χ1v) is 6.83. The molecular formula is C17H19NO2. The smallest absolute Gasteiger partial charge is 0.195 e. The van der Waals surface area contributed by atoms with Crippen LogP contribution in [0.4, 0.5) is 0 Å². The molecule has 1 heterocycles. The largest absolute Gasteiger partial charge is 0.353 e. The molecule has 0 fully saturated rings. The van der Waals surface area contributed by atoms with E-state index in [-0.39, 0.29) is 0 Å². The molecule has 2 aromatic carbocycles. The minimum Gasteiger partial charge on any atom is -0.353 e. The van der Waals surface area contributed by atoms with Crippen molar-refractivity contribution in [2.24, 2.45) is 0 Å². The fourth-order valence-corrected chi connectivity index (χ4v) is 3.10. The van der Waals surface area contributed by atoms with Crippen LogP contribution in [0.15, 0.2) is 54.6 Å². The van der Waals surface area contributed by atoms with Crippen LogP contribution in [0, 0.1) is 0 Å². The lowest BCUT2D eigenvalue weighted by atomic mass is 9.86. The number of ether oxygens (including phenoxy) is 1. The van der Waals surface area contributed by atoms with Gasteiger partial charge in [-0.1, -0.05) is 54.6 Å². The van der Waals surface area contributed by atoms with E-state index in [0.717, 1.165) is 24.1 Å². The van der Waals surface area contributed by atoms with Crippen molar-refractivity contribution in [3.63, 3.8) is 0 Å². The van der Waals surface area contributed by atoms with Gasteiger partial charge in [0.1, 0.15) is 0 Å². The molecule has 104 valence electrons. The van der Waals surface area contributed by atoms with Crippen LogP contribution in [0.1, 0.15) is 16.7 Å². The SMILES string of the molecule is CON1CCc2ccccc2C1(OC)c1ccccc1. The van der Waals surface area contributed by atoms with Gasteiger partial charge in [-0.2, -0.15) is 0 Å². The highest BCUT2D eigenvalue weighted by Gasteiger charge is 2.45. The third-order valence-electron chi connectivity index (χ3n) is 4.00. The topological polar surface area (TPSA) is 21.7 Å². The third-order valence-corrected chi connectivity index (χ3v) is 4.00. The molecule has 1 aliphatic heterocycles. The Morgan fingerprint density at radius 3 is 2.35 bits per heavy atom. The number of hydrogen-bond donors (Lipinski definition) is 0. The van der Waals surface area contributed by atoms with Gasteiger partial charge in [-0.05, 0) is 12.0 Å². The number of methoxy groups -OCH3 is 1. The lowest BCUT2D eigenvalue weighted by molar-refractivity contribution is -0.282. The number of benzene rings is 2. The predicted octanol–water partition coefficient (Wildman–Crippen LogP) is 2.95. The summed E-state index contributed by atoms with van der Waals surface area (Å²) < 4.78 is 6.00. The molecule has 3 heteroatoms. The van der Waals surface area contributed by atoms with E-state index in [9.17, 15) is 0 Å². The average molecular weight is 269 g/mol. The van der Waals surface area contributed by atoms with Crippen molar-refractivity contribution in [1.29, 1.82) is 0 Å². The summed E-state index contributed by atoms with van der Waals surface area (Å²) in [5.41, 5.74) is 2.87. The number of nitrogens with zero attached hydrogens (tertiary/aromatic N) is 1. The van der Waals surface area contributed by atoms with E-state index in [4.69, 9.17) is 9.57 Å². The van der Waals surface area contributed by atoms with E-state index in [1.165, 1.54) is 5.56 Å². The van der Waals surface area contributed by atoms with Crippen LogP contribution >= 0.6 is 0 Å². The van der Waals surface area contributed by atoms with E-state index < -0.39 is 5.72 Å². The maximum absolute atomic E-state index is 6.00. The Balaban J connectivity index is 2.25. The minimum atomic E-state index is -0.676. The highest BCUT2D eigenvalue weighted by molar-refractivity contribution is 5.42. The van der Waals surface area contributed by atoms with Gasteiger partial charge >= 0.3 is 0 Å². The van der Waals surface area contributed by atoms with Crippen molar-refractivity contribution in [3.05, 3.63) is 71.3 Å². The molecule has 3 nitrogen and oxygen atoms in total. The first-order chi connectivity index (χ1) is 9.82. The summed E-state index contributed by atoms with van der Waals surface area (Å²) >= 11 is 0. The molecule has 0 radical (unpaired) electrons. The van der Waals surface area contributed by atoms with E-state index in [2.05, 4.69) is 36.4 Å². The summed E-state index contributed by atoms with van der Waals surface area (Å²) in [6, 6.07) is 18.6. The third kappa shape index (κ3) is 1.86. The molecule has 3 rings (SSSR count). The number of fused-ring (bicyclic) bond motifs is 1. The fourth-order valence-electron chi connectivity index (χ4n) is 3.10. The van der Waals surface area contributed by atoms with Gasteiger partial charge < -0.3 is 4.74 Å². The van der Waals surface area contributed by atoms with E-state index >= 15 is 0 Å². The first-order valence-electron chi connectivity index (χ1n) is 6.83. The van der Waals surface area contributed by atoms with Gasteiger partial charge in [0.15, 0.2) is 5.72 Å². The first kappa shape index (κ1) is 13.3. The Morgan fingerprint density at radius 1 is 0.950 bits per heavy atom. The van der Waals surface area contributed by atoms with Crippen LogP contribution in [-0.4, -0.2) is 25.8 Å². The zero-order valence-corrected chi connectivity index (χ0v) is 11.9. The lowest BCUT2D eigenvalue weighted by Crippen LogP contribution is -2.52. The molecule has 20 heavy (non-hydrogen) atoms. The number of hydrogen-bond acceptors (Lipinski definition) is 3. The van der Waals surface area contributed by atoms with Gasteiger partial charge in [0.25, 0.3) is 0 Å². The summed E-state index contributed by atoms with van der Waals surface area (Å²) in [5.74, 6) is 0. The molecule has 0 saturated carbocycles. The molecule has 0 bridgehead atoms. The summed E-state index contributed by atoms with van der Waals surface area (Å²) in [5, 5.41) is 1.92. The van der Waals surface area contributed by atoms with Crippen LogP contribution in [0.25, 0.3) is 0 Å². The van der Waals surface area contributed by atoms with Crippen LogP contribution < -0.4 is 0 Å². The van der Waals surface area contributed by atoms with Crippen molar-refractivity contribution < 1.29 is 9.57 Å². The van der Waals surface area contributed by atoms with Gasteiger partial charge in [0, 0.05) is 24.8 Å². The van der Waals surface area contributed by atoms with Crippen LogP contribution in [0.3, 0.4) is 0 Å². The Hall–Kier alpha value is -1.68. The van der Waals surface area contributed by atoms with Gasteiger partial charge in [-0.15, -0.1) is 5.06 Å². The molecule has 2 aromatic rings. The van der Waals surface area contributed by atoms with Gasteiger partial charge in [0.05, 0.1) is 7.11 Å². The molecule has 0 aliphatic carbocycles. The number of rotatable bonds is 3. The molecule has 1 unspecified atom stereocenters. The summed E-state index contributed by atoms with van der Waals surface area (Å²) in [6.07, 6.45) is 0.960. The summed E-state index contributed by atoms with van der Waals surface area (Å²) in [4.78, 5) is 5.62. The Bertz CT molecular complexity index is 585. The van der Waals surface area contributed by atoms with Crippen LogP contribution in [-0.2, 0) is 21.7 Å². The molecule has 0 saturated heterocycles. The Labute approximate surface area is 119 Å². The number of hydroxylamine groups is 2. The monoisotopic (exact) mass is 269 g/mol. The standard InChI is InChI=1S/C17H19NO2/c1-19-17(15-9-4-3-5-10-15)16-11-7-6-8-14(16)12-13-18(17)20-2/h3-11H,12-13H2,1-2H3. The second-order valence-corrected chi connectivity index (χ2v) is 4.91. The molecule has 0 aromatic heterocycles. The zero-order valence-electron chi connectivity index (χ0n) is 11.9. The average Bonchev–Trinajstić information content (AvgIpc) is 2.54. The fraction of sp³-hybridized carbons (Fsp3) is 0.294.